The monoisotopic (exact) mass is 323 g/mol. The third-order valence-electron chi connectivity index (χ3n) is 4.40. The molecule has 1 aliphatic rings. The number of hydrogen-bond acceptors (Lipinski definition) is 4. The van der Waals surface area contributed by atoms with E-state index < -0.39 is 0 Å². The number of aromatic nitrogens is 1. The maximum Gasteiger partial charge on any atom is 0.144 e. The molecule has 0 amide bonds. The molecule has 2 atom stereocenters. The summed E-state index contributed by atoms with van der Waals surface area (Å²) in [5.74, 6) is 1.01. The predicted molar refractivity (Wildman–Crippen MR) is 91.0 cm³/mol. The highest BCUT2D eigenvalue weighted by atomic mass is 16.5. The van der Waals surface area contributed by atoms with Crippen LogP contribution < -0.4 is 4.74 Å². The van der Waals surface area contributed by atoms with Gasteiger partial charge in [-0.3, -0.25) is 14.6 Å². The lowest BCUT2D eigenvalue weighted by atomic mass is 9.97. The molecule has 4 nitrogen and oxygen atoms in total. The molecule has 1 aromatic carbocycles. The van der Waals surface area contributed by atoms with E-state index in [4.69, 9.17) is 4.74 Å². The van der Waals surface area contributed by atoms with Crippen LogP contribution in [0.4, 0.5) is 0 Å². The van der Waals surface area contributed by atoms with Gasteiger partial charge in [-0.2, -0.15) is 0 Å². The topological polar surface area (TPSA) is 56.3 Å². The van der Waals surface area contributed by atoms with Gasteiger partial charge in [0, 0.05) is 30.1 Å². The van der Waals surface area contributed by atoms with Gasteiger partial charge in [0.2, 0.25) is 0 Å². The van der Waals surface area contributed by atoms with E-state index in [0.717, 1.165) is 17.0 Å². The number of Topliss-reactive ketones (excluding diaryl/α,β-unsaturated/α-hetero) is 2. The van der Waals surface area contributed by atoms with E-state index in [1.807, 2.05) is 42.5 Å². The Labute approximate surface area is 141 Å². The van der Waals surface area contributed by atoms with Crippen molar-refractivity contribution in [2.75, 3.05) is 6.61 Å². The van der Waals surface area contributed by atoms with Gasteiger partial charge in [0.1, 0.15) is 17.3 Å². The standard InChI is InChI=1S/C20H21NO3/c1-14(19-4-2-3-9-21-19)13-24-18-7-5-15(6-8-18)10-16-11-17(22)12-20(16)23/h2-9,14,16H,10-13H2,1H3. The van der Waals surface area contributed by atoms with Gasteiger partial charge < -0.3 is 4.74 Å². The Balaban J connectivity index is 1.53. The molecule has 0 radical (unpaired) electrons. The molecule has 0 saturated heterocycles. The van der Waals surface area contributed by atoms with Crippen molar-refractivity contribution >= 4 is 11.6 Å². The number of hydrogen-bond donors (Lipinski definition) is 0. The van der Waals surface area contributed by atoms with Gasteiger partial charge >= 0.3 is 0 Å². The summed E-state index contributed by atoms with van der Waals surface area (Å²) in [5, 5.41) is 0. The first kappa shape index (κ1) is 16.4. The molecule has 4 heteroatoms. The predicted octanol–water partition coefficient (Wildman–Crippen LogP) is 3.35. The van der Waals surface area contributed by atoms with Crippen LogP contribution in [-0.4, -0.2) is 23.2 Å². The van der Waals surface area contributed by atoms with E-state index in [1.54, 1.807) is 6.20 Å². The minimum Gasteiger partial charge on any atom is -0.493 e. The number of pyridine rings is 1. The van der Waals surface area contributed by atoms with Crippen molar-refractivity contribution in [1.29, 1.82) is 0 Å². The SMILES string of the molecule is CC(COc1ccc(CC2CC(=O)CC2=O)cc1)c1ccccn1. The van der Waals surface area contributed by atoms with Gasteiger partial charge in [0.05, 0.1) is 13.0 Å². The Bertz CT molecular complexity index is 709. The molecule has 0 bridgehead atoms. The maximum absolute atomic E-state index is 11.7. The highest BCUT2D eigenvalue weighted by Crippen LogP contribution is 2.24. The minimum atomic E-state index is -0.145. The fraction of sp³-hybridized carbons (Fsp3) is 0.350. The summed E-state index contributed by atoms with van der Waals surface area (Å²) >= 11 is 0. The van der Waals surface area contributed by atoms with E-state index in [1.165, 1.54) is 0 Å². The molecule has 2 aromatic rings. The van der Waals surface area contributed by atoms with Crippen molar-refractivity contribution in [2.45, 2.75) is 32.1 Å². The van der Waals surface area contributed by atoms with Crippen molar-refractivity contribution in [1.82, 2.24) is 4.98 Å². The zero-order chi connectivity index (χ0) is 16.9. The average molecular weight is 323 g/mol. The summed E-state index contributed by atoms with van der Waals surface area (Å²) < 4.78 is 5.82. The molecule has 124 valence electrons. The molecule has 2 unspecified atom stereocenters. The molecule has 0 spiro atoms. The second kappa shape index (κ2) is 7.39. The Kier molecular flexibility index (Phi) is 5.04. The van der Waals surface area contributed by atoms with Gasteiger partial charge in [-0.05, 0) is 36.2 Å². The first-order chi connectivity index (χ1) is 11.6. The van der Waals surface area contributed by atoms with Crippen LogP contribution in [0.2, 0.25) is 0 Å². The van der Waals surface area contributed by atoms with Crippen LogP contribution in [-0.2, 0) is 16.0 Å². The lowest BCUT2D eigenvalue weighted by Gasteiger charge is -2.13. The molecule has 1 saturated carbocycles. The molecule has 1 fully saturated rings. The molecule has 1 aromatic heterocycles. The molecular formula is C20H21NO3. The largest absolute Gasteiger partial charge is 0.493 e. The van der Waals surface area contributed by atoms with E-state index >= 15 is 0 Å². The van der Waals surface area contributed by atoms with Crippen LogP contribution >= 0.6 is 0 Å². The Morgan fingerprint density at radius 2 is 1.96 bits per heavy atom. The Hall–Kier alpha value is -2.49. The molecule has 24 heavy (non-hydrogen) atoms. The van der Waals surface area contributed by atoms with Crippen LogP contribution in [0.25, 0.3) is 0 Å². The number of carbonyl (C=O) groups is 2. The highest BCUT2D eigenvalue weighted by molar-refractivity contribution is 6.07. The first-order valence-electron chi connectivity index (χ1n) is 8.29. The summed E-state index contributed by atoms with van der Waals surface area (Å²) in [7, 11) is 0. The van der Waals surface area contributed by atoms with Gasteiger partial charge in [-0.1, -0.05) is 25.1 Å². The third kappa shape index (κ3) is 4.07. The number of nitrogens with zero attached hydrogens (tertiary/aromatic N) is 1. The third-order valence-corrected chi connectivity index (χ3v) is 4.40. The summed E-state index contributed by atoms with van der Waals surface area (Å²) in [6.07, 6.45) is 2.92. The second-order valence-corrected chi connectivity index (χ2v) is 6.40. The summed E-state index contributed by atoms with van der Waals surface area (Å²) in [4.78, 5) is 27.4. The van der Waals surface area contributed by atoms with Crippen molar-refractivity contribution in [3.05, 3.63) is 59.9 Å². The molecule has 1 heterocycles. The number of rotatable bonds is 6. The van der Waals surface area contributed by atoms with E-state index in [0.29, 0.717) is 19.4 Å². The van der Waals surface area contributed by atoms with Crippen molar-refractivity contribution in [2.24, 2.45) is 5.92 Å². The smallest absolute Gasteiger partial charge is 0.144 e. The normalized spacial score (nSPS) is 18.6. The van der Waals surface area contributed by atoms with E-state index in [-0.39, 0.29) is 29.8 Å². The average Bonchev–Trinajstić information content (AvgIpc) is 2.92. The molecule has 3 rings (SSSR count). The first-order valence-corrected chi connectivity index (χ1v) is 8.29. The van der Waals surface area contributed by atoms with E-state index in [2.05, 4.69) is 11.9 Å². The lowest BCUT2D eigenvalue weighted by molar-refractivity contribution is -0.122. The summed E-state index contributed by atoms with van der Waals surface area (Å²) in [6, 6.07) is 13.6. The summed E-state index contributed by atoms with van der Waals surface area (Å²) in [6.45, 7) is 2.64. The molecule has 0 N–H and O–H groups in total. The van der Waals surface area contributed by atoms with Gasteiger partial charge in [-0.15, -0.1) is 0 Å². The van der Waals surface area contributed by atoms with Crippen LogP contribution in [0.5, 0.6) is 5.75 Å². The van der Waals surface area contributed by atoms with Crippen LogP contribution in [0.3, 0.4) is 0 Å². The van der Waals surface area contributed by atoms with Crippen molar-refractivity contribution < 1.29 is 14.3 Å². The van der Waals surface area contributed by atoms with E-state index in [9.17, 15) is 9.59 Å². The zero-order valence-corrected chi connectivity index (χ0v) is 13.8. The van der Waals surface area contributed by atoms with Crippen molar-refractivity contribution in [3.63, 3.8) is 0 Å². The number of ether oxygens (including phenoxy) is 1. The van der Waals surface area contributed by atoms with Crippen LogP contribution in [0.1, 0.15) is 36.9 Å². The fourth-order valence-electron chi connectivity index (χ4n) is 2.97. The van der Waals surface area contributed by atoms with Crippen LogP contribution in [0, 0.1) is 5.92 Å². The van der Waals surface area contributed by atoms with Crippen LogP contribution in [0.15, 0.2) is 48.7 Å². The number of ketones is 2. The maximum atomic E-state index is 11.7. The van der Waals surface area contributed by atoms with Crippen molar-refractivity contribution in [3.8, 4) is 5.75 Å². The van der Waals surface area contributed by atoms with Gasteiger partial charge in [0.25, 0.3) is 0 Å². The van der Waals surface area contributed by atoms with Gasteiger partial charge in [0.15, 0.2) is 0 Å². The minimum absolute atomic E-state index is 0.0634. The molecule has 0 aliphatic heterocycles. The summed E-state index contributed by atoms with van der Waals surface area (Å²) in [5.41, 5.74) is 2.08. The number of carbonyl (C=O) groups excluding carboxylic acids is 2. The molecular weight excluding hydrogens is 302 g/mol. The Morgan fingerprint density at radius 1 is 1.17 bits per heavy atom. The zero-order valence-electron chi connectivity index (χ0n) is 13.8. The number of benzene rings is 1. The highest BCUT2D eigenvalue weighted by Gasteiger charge is 2.30. The Morgan fingerprint density at radius 3 is 2.58 bits per heavy atom. The quantitative estimate of drug-likeness (QED) is 0.765. The molecule has 1 aliphatic carbocycles. The second-order valence-electron chi connectivity index (χ2n) is 6.40. The lowest BCUT2D eigenvalue weighted by Crippen LogP contribution is -2.10. The fourth-order valence-corrected chi connectivity index (χ4v) is 2.97. The van der Waals surface area contributed by atoms with Gasteiger partial charge in [-0.25, -0.2) is 0 Å².